The lowest BCUT2D eigenvalue weighted by Gasteiger charge is -2.32. The van der Waals surface area contributed by atoms with Gasteiger partial charge in [-0.1, -0.05) is 13.8 Å². The summed E-state index contributed by atoms with van der Waals surface area (Å²) in [4.78, 5) is 10.7. The average Bonchev–Trinajstić information content (AvgIpc) is 2.15. The Hall–Kier alpha value is -0.570. The highest BCUT2D eigenvalue weighted by molar-refractivity contribution is 5.67. The number of hydrogen-bond acceptors (Lipinski definition) is 2. The summed E-state index contributed by atoms with van der Waals surface area (Å²) in [6.07, 6.45) is 2.70. The van der Waals surface area contributed by atoms with Crippen molar-refractivity contribution in [3.05, 3.63) is 0 Å². The van der Waals surface area contributed by atoms with Crippen LogP contribution in [0.2, 0.25) is 0 Å². The first-order valence-corrected chi connectivity index (χ1v) is 5.53. The van der Waals surface area contributed by atoms with Gasteiger partial charge in [-0.15, -0.1) is 0 Å². The van der Waals surface area contributed by atoms with Crippen molar-refractivity contribution < 1.29 is 9.90 Å². The van der Waals surface area contributed by atoms with Crippen LogP contribution in [-0.2, 0) is 4.79 Å². The van der Waals surface area contributed by atoms with Crippen LogP contribution in [0.1, 0.15) is 33.1 Å². The summed E-state index contributed by atoms with van der Waals surface area (Å²) in [5.74, 6) is 0.699. The molecule has 1 heterocycles. The third kappa shape index (κ3) is 3.29. The molecular weight excluding hydrogens is 178 g/mol. The molecule has 1 aliphatic heterocycles. The number of carboxylic acid groups (broad SMARTS) is 1. The van der Waals surface area contributed by atoms with Gasteiger partial charge in [-0.05, 0) is 43.7 Å². The number of aliphatic carboxylic acids is 1. The molecule has 1 fully saturated rings. The van der Waals surface area contributed by atoms with Crippen LogP contribution in [-0.4, -0.2) is 24.2 Å². The fraction of sp³-hybridized carbons (Fsp3) is 0.909. The molecule has 0 amide bonds. The van der Waals surface area contributed by atoms with Crippen LogP contribution in [0.15, 0.2) is 0 Å². The zero-order valence-electron chi connectivity index (χ0n) is 9.12. The van der Waals surface area contributed by atoms with Gasteiger partial charge in [0.2, 0.25) is 0 Å². The van der Waals surface area contributed by atoms with Crippen molar-refractivity contribution >= 4 is 5.97 Å². The molecule has 2 atom stereocenters. The van der Waals surface area contributed by atoms with Crippen molar-refractivity contribution in [2.45, 2.75) is 33.1 Å². The molecule has 1 aliphatic rings. The van der Waals surface area contributed by atoms with Crippen LogP contribution in [0.3, 0.4) is 0 Å². The largest absolute Gasteiger partial charge is 0.481 e. The van der Waals surface area contributed by atoms with E-state index in [1.165, 1.54) is 12.8 Å². The van der Waals surface area contributed by atoms with E-state index >= 15 is 0 Å². The van der Waals surface area contributed by atoms with Gasteiger partial charge < -0.3 is 10.4 Å². The van der Waals surface area contributed by atoms with Crippen LogP contribution in [0.4, 0.5) is 0 Å². The lowest BCUT2D eigenvalue weighted by atomic mass is 9.77. The summed E-state index contributed by atoms with van der Waals surface area (Å²) < 4.78 is 0. The number of carboxylic acids is 1. The van der Waals surface area contributed by atoms with Crippen molar-refractivity contribution in [2.75, 3.05) is 13.1 Å². The van der Waals surface area contributed by atoms with Crippen molar-refractivity contribution in [1.82, 2.24) is 5.32 Å². The van der Waals surface area contributed by atoms with E-state index in [4.69, 9.17) is 5.11 Å². The minimum atomic E-state index is -0.658. The molecule has 3 nitrogen and oxygen atoms in total. The molecule has 0 aromatic rings. The molecule has 2 unspecified atom stereocenters. The number of hydrogen-bond donors (Lipinski definition) is 2. The second-order valence-corrected chi connectivity index (χ2v) is 4.61. The summed E-state index contributed by atoms with van der Waals surface area (Å²) in [5, 5.41) is 12.2. The standard InChI is InChI=1S/C11H21NO2/c1-8(2)10(6-11(13)14)9-4-3-5-12-7-9/h8-10,12H,3-7H2,1-2H3,(H,13,14). The molecule has 0 spiro atoms. The third-order valence-electron chi connectivity index (χ3n) is 3.21. The number of nitrogens with one attached hydrogen (secondary N) is 1. The van der Waals surface area contributed by atoms with Gasteiger partial charge in [0.25, 0.3) is 0 Å². The van der Waals surface area contributed by atoms with Crippen LogP contribution < -0.4 is 5.32 Å². The molecule has 1 rings (SSSR count). The summed E-state index contributed by atoms with van der Waals surface area (Å²) in [6.45, 7) is 6.34. The normalized spacial score (nSPS) is 24.9. The van der Waals surface area contributed by atoms with Crippen molar-refractivity contribution in [3.63, 3.8) is 0 Å². The van der Waals surface area contributed by atoms with Crippen LogP contribution in [0.25, 0.3) is 0 Å². The number of rotatable bonds is 4. The molecule has 3 heteroatoms. The third-order valence-corrected chi connectivity index (χ3v) is 3.21. The minimum absolute atomic E-state index is 0.323. The van der Waals surface area contributed by atoms with Crippen LogP contribution >= 0.6 is 0 Å². The Labute approximate surface area is 85.9 Å². The zero-order chi connectivity index (χ0) is 10.6. The van der Waals surface area contributed by atoms with E-state index in [2.05, 4.69) is 19.2 Å². The van der Waals surface area contributed by atoms with Gasteiger partial charge in [0.05, 0.1) is 0 Å². The van der Waals surface area contributed by atoms with E-state index in [0.717, 1.165) is 13.1 Å². The molecule has 0 aromatic carbocycles. The molecule has 2 N–H and O–H groups in total. The highest BCUT2D eigenvalue weighted by Crippen LogP contribution is 2.29. The molecule has 1 saturated heterocycles. The first-order valence-electron chi connectivity index (χ1n) is 5.53. The maximum atomic E-state index is 10.7. The van der Waals surface area contributed by atoms with Gasteiger partial charge in [0.1, 0.15) is 0 Å². The van der Waals surface area contributed by atoms with E-state index in [1.807, 2.05) is 0 Å². The molecular formula is C11H21NO2. The average molecular weight is 199 g/mol. The molecule has 0 aliphatic carbocycles. The van der Waals surface area contributed by atoms with Crippen molar-refractivity contribution in [2.24, 2.45) is 17.8 Å². The van der Waals surface area contributed by atoms with E-state index in [-0.39, 0.29) is 0 Å². The Kier molecular flexibility index (Phi) is 4.39. The lowest BCUT2D eigenvalue weighted by molar-refractivity contribution is -0.139. The maximum Gasteiger partial charge on any atom is 0.303 e. The van der Waals surface area contributed by atoms with E-state index in [1.54, 1.807) is 0 Å². The van der Waals surface area contributed by atoms with Crippen molar-refractivity contribution in [1.29, 1.82) is 0 Å². The zero-order valence-corrected chi connectivity index (χ0v) is 9.12. The van der Waals surface area contributed by atoms with Gasteiger partial charge in [-0.3, -0.25) is 4.79 Å². The van der Waals surface area contributed by atoms with Crippen LogP contribution in [0.5, 0.6) is 0 Å². The fourth-order valence-corrected chi connectivity index (χ4v) is 2.39. The predicted octanol–water partition coefficient (Wildman–Crippen LogP) is 1.73. The molecule has 82 valence electrons. The van der Waals surface area contributed by atoms with E-state index in [9.17, 15) is 4.79 Å². The van der Waals surface area contributed by atoms with Crippen LogP contribution in [0, 0.1) is 17.8 Å². The molecule has 0 aromatic heterocycles. The first kappa shape index (κ1) is 11.5. The minimum Gasteiger partial charge on any atom is -0.481 e. The molecule has 0 saturated carbocycles. The van der Waals surface area contributed by atoms with E-state index in [0.29, 0.717) is 24.2 Å². The smallest absolute Gasteiger partial charge is 0.303 e. The summed E-state index contributed by atoms with van der Waals surface area (Å²) >= 11 is 0. The van der Waals surface area contributed by atoms with E-state index < -0.39 is 5.97 Å². The summed E-state index contributed by atoms with van der Waals surface area (Å²) in [7, 11) is 0. The Morgan fingerprint density at radius 3 is 2.71 bits per heavy atom. The van der Waals surface area contributed by atoms with Gasteiger partial charge in [0, 0.05) is 6.42 Å². The number of carbonyl (C=O) groups is 1. The Morgan fingerprint density at radius 2 is 2.29 bits per heavy atom. The maximum absolute atomic E-state index is 10.7. The van der Waals surface area contributed by atoms with Gasteiger partial charge >= 0.3 is 5.97 Å². The molecule has 0 bridgehead atoms. The number of piperidine rings is 1. The Bertz CT molecular complexity index is 186. The second kappa shape index (κ2) is 5.35. The van der Waals surface area contributed by atoms with Gasteiger partial charge in [-0.25, -0.2) is 0 Å². The highest BCUT2D eigenvalue weighted by atomic mass is 16.4. The monoisotopic (exact) mass is 199 g/mol. The Morgan fingerprint density at radius 1 is 1.57 bits per heavy atom. The fourth-order valence-electron chi connectivity index (χ4n) is 2.39. The highest BCUT2D eigenvalue weighted by Gasteiger charge is 2.27. The molecule has 0 radical (unpaired) electrons. The summed E-state index contributed by atoms with van der Waals surface area (Å²) in [5.41, 5.74) is 0. The predicted molar refractivity (Wildman–Crippen MR) is 56.2 cm³/mol. The molecule has 14 heavy (non-hydrogen) atoms. The van der Waals surface area contributed by atoms with Gasteiger partial charge in [0.15, 0.2) is 0 Å². The second-order valence-electron chi connectivity index (χ2n) is 4.61. The van der Waals surface area contributed by atoms with Crippen molar-refractivity contribution in [3.8, 4) is 0 Å². The first-order chi connectivity index (χ1) is 6.61. The SMILES string of the molecule is CC(C)C(CC(=O)O)C1CCCNC1. The summed E-state index contributed by atoms with van der Waals surface area (Å²) in [6, 6.07) is 0. The Balaban J connectivity index is 2.51. The quantitative estimate of drug-likeness (QED) is 0.725. The van der Waals surface area contributed by atoms with Gasteiger partial charge in [-0.2, -0.15) is 0 Å². The lowest BCUT2D eigenvalue weighted by Crippen LogP contribution is -2.36. The topological polar surface area (TPSA) is 49.3 Å².